The fourth-order valence-corrected chi connectivity index (χ4v) is 5.19. The Balaban J connectivity index is 1.91. The molecule has 4 atom stereocenters. The van der Waals surface area contributed by atoms with E-state index in [2.05, 4.69) is 11.9 Å². The van der Waals surface area contributed by atoms with Gasteiger partial charge in [0.2, 0.25) is 0 Å². The number of aromatic hydroxyl groups is 1. The largest absolute Gasteiger partial charge is 0.504 e. The number of ketones is 1. The molecule has 2 fully saturated rings. The number of nitrogens with zero attached hydrogens (tertiary/aromatic N) is 1. The van der Waals surface area contributed by atoms with E-state index in [0.717, 1.165) is 30.5 Å². The first-order valence-corrected chi connectivity index (χ1v) is 8.54. The second kappa shape index (κ2) is 5.46. The summed E-state index contributed by atoms with van der Waals surface area (Å²) >= 11 is 0. The van der Waals surface area contributed by atoms with E-state index in [9.17, 15) is 9.90 Å². The average molecular weight is 330 g/mol. The number of ether oxygens (including phenoxy) is 2. The number of hydrogen-bond acceptors (Lipinski definition) is 5. The molecule has 1 heterocycles. The molecule has 1 aromatic carbocycles. The Labute approximate surface area is 142 Å². The van der Waals surface area contributed by atoms with Crippen LogP contribution >= 0.6 is 0 Å². The van der Waals surface area contributed by atoms with Crippen molar-refractivity contribution in [3.63, 3.8) is 0 Å². The van der Waals surface area contributed by atoms with Gasteiger partial charge in [0, 0.05) is 30.6 Å². The number of methoxy groups -OCH3 is 2. The molecule has 1 aliphatic heterocycles. The molecule has 0 aromatic heterocycles. The molecule has 0 spiro atoms. The van der Waals surface area contributed by atoms with Crippen LogP contribution in [0.5, 0.6) is 11.5 Å². The van der Waals surface area contributed by atoms with Crippen LogP contribution in [0.15, 0.2) is 12.1 Å². The summed E-state index contributed by atoms with van der Waals surface area (Å²) in [5, 5.41) is 10.9. The van der Waals surface area contributed by atoms with Gasteiger partial charge in [-0.1, -0.05) is 6.07 Å². The minimum absolute atomic E-state index is 0.0344. The van der Waals surface area contributed by atoms with E-state index >= 15 is 0 Å². The molecule has 0 amide bonds. The lowest BCUT2D eigenvalue weighted by Crippen LogP contribution is -2.63. The molecule has 24 heavy (non-hydrogen) atoms. The molecule has 1 saturated carbocycles. The Kier molecular flexibility index (Phi) is 3.62. The molecule has 4 rings (SSSR count). The predicted molar refractivity (Wildman–Crippen MR) is 89.3 cm³/mol. The highest BCUT2D eigenvalue weighted by Gasteiger charge is 2.58. The third-order valence-electron chi connectivity index (χ3n) is 6.38. The van der Waals surface area contributed by atoms with Crippen molar-refractivity contribution in [3.8, 4) is 11.5 Å². The van der Waals surface area contributed by atoms with Crippen molar-refractivity contribution in [2.24, 2.45) is 5.92 Å². The molecular weight excluding hydrogens is 306 g/mol. The topological polar surface area (TPSA) is 59.0 Å². The van der Waals surface area contributed by atoms with E-state index in [4.69, 9.17) is 9.47 Å². The number of hydrogen-bond donors (Lipinski definition) is 1. The number of benzene rings is 1. The number of piperidine rings is 1. The van der Waals surface area contributed by atoms with Crippen LogP contribution in [-0.2, 0) is 21.4 Å². The highest BCUT2D eigenvalue weighted by Crippen LogP contribution is 2.58. The summed E-state index contributed by atoms with van der Waals surface area (Å²) in [6.45, 7) is 0.915. The summed E-state index contributed by atoms with van der Waals surface area (Å²) in [6, 6.07) is 4.23. The summed E-state index contributed by atoms with van der Waals surface area (Å²) in [5.74, 6) is 0.980. The molecule has 1 radical (unpaired) electrons. The van der Waals surface area contributed by atoms with Crippen molar-refractivity contribution in [1.82, 2.24) is 4.90 Å². The number of fused-ring (bicyclic) bond motifs is 1. The fourth-order valence-electron chi connectivity index (χ4n) is 5.19. The zero-order valence-corrected chi connectivity index (χ0v) is 14.4. The van der Waals surface area contributed by atoms with Crippen LogP contribution in [0.1, 0.15) is 24.0 Å². The lowest BCUT2D eigenvalue weighted by molar-refractivity contribution is -0.134. The van der Waals surface area contributed by atoms with Crippen LogP contribution in [-0.4, -0.2) is 55.7 Å². The van der Waals surface area contributed by atoms with Crippen LogP contribution in [0.3, 0.4) is 0 Å². The third-order valence-corrected chi connectivity index (χ3v) is 6.38. The molecule has 5 nitrogen and oxygen atoms in total. The van der Waals surface area contributed by atoms with Gasteiger partial charge in [0.05, 0.1) is 7.11 Å². The highest BCUT2D eigenvalue weighted by atomic mass is 16.5. The molecule has 2 aliphatic carbocycles. The zero-order chi connectivity index (χ0) is 17.1. The summed E-state index contributed by atoms with van der Waals surface area (Å²) in [7, 11) is 5.32. The van der Waals surface area contributed by atoms with Gasteiger partial charge in [-0.05, 0) is 50.4 Å². The number of likely N-dealkylation sites (tertiary alicyclic amines) is 1. The maximum absolute atomic E-state index is 12.6. The standard InChI is InChI=1S/C19H24NO4/c1-20-7-6-19-10-14(21)16(24-3)9-12(19)13(20)8-11-4-5-15(23-2)18(22)17(11)19/h4-5,10,12-13,16,22H,6-9H2,1-3H3. The SMILES string of the molecule is COc1ccc2c(c1O)C13[CH]C(=O)C(OC)CC1C(C2)N(C)CC3. The van der Waals surface area contributed by atoms with Crippen LogP contribution in [0, 0.1) is 12.3 Å². The van der Waals surface area contributed by atoms with Gasteiger partial charge in [-0.3, -0.25) is 4.79 Å². The van der Waals surface area contributed by atoms with Crippen molar-refractivity contribution in [3.05, 3.63) is 29.7 Å². The molecule has 4 unspecified atom stereocenters. The van der Waals surface area contributed by atoms with Gasteiger partial charge in [-0.25, -0.2) is 0 Å². The van der Waals surface area contributed by atoms with Gasteiger partial charge in [-0.15, -0.1) is 0 Å². The lowest BCUT2D eigenvalue weighted by Gasteiger charge is -2.58. The van der Waals surface area contributed by atoms with Gasteiger partial charge >= 0.3 is 0 Å². The highest BCUT2D eigenvalue weighted by molar-refractivity contribution is 5.94. The minimum atomic E-state index is -0.407. The molecule has 5 heteroatoms. The summed E-state index contributed by atoms with van der Waals surface area (Å²) in [5.41, 5.74) is 1.62. The first-order valence-electron chi connectivity index (χ1n) is 8.54. The van der Waals surface area contributed by atoms with E-state index in [1.165, 1.54) is 0 Å². The molecule has 1 N–H and O–H groups in total. The summed E-state index contributed by atoms with van der Waals surface area (Å²) in [4.78, 5) is 15.0. The van der Waals surface area contributed by atoms with E-state index < -0.39 is 5.41 Å². The Bertz CT molecular complexity index is 688. The monoisotopic (exact) mass is 330 g/mol. The number of phenols is 1. The Morgan fingerprint density at radius 2 is 2.12 bits per heavy atom. The molecular formula is C19H24NO4. The second-order valence-electron chi connectivity index (χ2n) is 7.31. The Morgan fingerprint density at radius 1 is 1.33 bits per heavy atom. The van der Waals surface area contributed by atoms with Crippen LogP contribution in [0.4, 0.5) is 0 Å². The van der Waals surface area contributed by atoms with Crippen LogP contribution in [0.25, 0.3) is 0 Å². The van der Waals surface area contributed by atoms with Crippen LogP contribution in [0.2, 0.25) is 0 Å². The van der Waals surface area contributed by atoms with Crippen molar-refractivity contribution in [1.29, 1.82) is 0 Å². The van der Waals surface area contributed by atoms with Crippen molar-refractivity contribution < 1.29 is 19.4 Å². The molecule has 1 saturated heterocycles. The number of Topliss-reactive ketones (excluding diaryl/α,β-unsaturated/α-hetero) is 1. The normalized spacial score (nSPS) is 35.3. The Morgan fingerprint density at radius 3 is 2.83 bits per heavy atom. The molecule has 3 aliphatic rings. The number of likely N-dealkylation sites (N-methyl/N-ethyl adjacent to an activating group) is 1. The van der Waals surface area contributed by atoms with Crippen LogP contribution < -0.4 is 4.74 Å². The van der Waals surface area contributed by atoms with E-state index in [0.29, 0.717) is 18.2 Å². The summed E-state index contributed by atoms with van der Waals surface area (Å²) in [6.07, 6.45) is 3.89. The summed E-state index contributed by atoms with van der Waals surface area (Å²) < 4.78 is 10.8. The van der Waals surface area contributed by atoms with Gasteiger partial charge in [0.1, 0.15) is 6.10 Å². The maximum Gasteiger partial charge on any atom is 0.166 e. The van der Waals surface area contributed by atoms with Gasteiger partial charge in [0.15, 0.2) is 17.3 Å². The molecule has 129 valence electrons. The number of phenolic OH excluding ortho intramolecular Hbond substituents is 1. The van der Waals surface area contributed by atoms with Crippen molar-refractivity contribution in [2.75, 3.05) is 27.8 Å². The molecule has 1 aromatic rings. The first kappa shape index (κ1) is 15.9. The quantitative estimate of drug-likeness (QED) is 0.894. The number of carbonyl (C=O) groups excluding carboxylic acids is 1. The minimum Gasteiger partial charge on any atom is -0.504 e. The smallest absolute Gasteiger partial charge is 0.166 e. The zero-order valence-electron chi connectivity index (χ0n) is 14.4. The van der Waals surface area contributed by atoms with E-state index in [1.54, 1.807) is 14.2 Å². The number of rotatable bonds is 2. The van der Waals surface area contributed by atoms with Gasteiger partial charge in [0.25, 0.3) is 0 Å². The maximum atomic E-state index is 12.6. The number of carbonyl (C=O) groups is 1. The fraction of sp³-hybridized carbons (Fsp3) is 0.579. The predicted octanol–water partition coefficient (Wildman–Crippen LogP) is 1.71. The lowest BCUT2D eigenvalue weighted by atomic mass is 9.51. The van der Waals surface area contributed by atoms with E-state index in [-0.39, 0.29) is 23.6 Å². The first-order chi connectivity index (χ1) is 11.5. The van der Waals surface area contributed by atoms with Gasteiger partial charge < -0.3 is 19.5 Å². The average Bonchev–Trinajstić information content (AvgIpc) is 2.57. The van der Waals surface area contributed by atoms with E-state index in [1.807, 2.05) is 18.6 Å². The van der Waals surface area contributed by atoms with Crippen molar-refractivity contribution in [2.45, 2.75) is 36.8 Å². The van der Waals surface area contributed by atoms with Crippen molar-refractivity contribution >= 4 is 5.78 Å². The van der Waals surface area contributed by atoms with Gasteiger partial charge in [-0.2, -0.15) is 0 Å². The third kappa shape index (κ3) is 1.97. The molecule has 2 bridgehead atoms. The Hall–Kier alpha value is -1.59. The second-order valence-corrected chi connectivity index (χ2v) is 7.31.